The minimum Gasteiger partial charge on any atom is -0.484 e. The van der Waals surface area contributed by atoms with E-state index >= 15 is 0 Å². The Balaban J connectivity index is 0.00000529. The molecule has 0 saturated carbocycles. The smallest absolute Gasteiger partial charge is 0.422 e. The predicted octanol–water partition coefficient (Wildman–Crippen LogP) is 2.95. The molecule has 0 aliphatic carbocycles. The van der Waals surface area contributed by atoms with Gasteiger partial charge in [-0.15, -0.1) is 24.0 Å². The van der Waals surface area contributed by atoms with Crippen LogP contribution in [0.3, 0.4) is 0 Å². The van der Waals surface area contributed by atoms with Gasteiger partial charge in [0.05, 0.1) is 0 Å². The molecule has 0 unspecified atom stereocenters. The Bertz CT molecular complexity index is 482. The number of hydrogen-bond donors (Lipinski definition) is 2. The van der Waals surface area contributed by atoms with E-state index in [1.807, 2.05) is 0 Å². The van der Waals surface area contributed by atoms with E-state index in [-0.39, 0.29) is 29.7 Å². The van der Waals surface area contributed by atoms with Crippen LogP contribution < -0.4 is 15.4 Å². The zero-order valence-corrected chi connectivity index (χ0v) is 16.0. The van der Waals surface area contributed by atoms with Gasteiger partial charge in [-0.3, -0.25) is 4.99 Å². The lowest BCUT2D eigenvalue weighted by molar-refractivity contribution is -0.153. The summed E-state index contributed by atoms with van der Waals surface area (Å²) in [6, 6.07) is 6.43. The van der Waals surface area contributed by atoms with Gasteiger partial charge < -0.3 is 20.1 Å². The summed E-state index contributed by atoms with van der Waals surface area (Å²) in [7, 11) is 3.31. The zero-order chi connectivity index (χ0) is 17.1. The van der Waals surface area contributed by atoms with E-state index in [1.54, 1.807) is 26.3 Å². The molecule has 24 heavy (non-hydrogen) atoms. The number of aliphatic imine (C=N–C) groups is 1. The summed E-state index contributed by atoms with van der Waals surface area (Å²) in [6.45, 7) is 0.618. The summed E-state index contributed by atoms with van der Waals surface area (Å²) in [5.41, 5.74) is 0.907. The summed E-state index contributed by atoms with van der Waals surface area (Å²) in [4.78, 5) is 4.08. The van der Waals surface area contributed by atoms with Gasteiger partial charge in [-0.2, -0.15) is 13.2 Å². The number of nitrogens with one attached hydrogen (secondary N) is 2. The first-order valence-electron chi connectivity index (χ1n) is 7.16. The topological polar surface area (TPSA) is 54.9 Å². The molecule has 1 aromatic carbocycles. The van der Waals surface area contributed by atoms with Gasteiger partial charge in [-0.05, 0) is 24.1 Å². The van der Waals surface area contributed by atoms with Gasteiger partial charge in [0.1, 0.15) is 5.75 Å². The standard InChI is InChI=1S/C15H22F3N3O2.HI/c1-19-14(20-8-3-9-22-2)21-10-12-4-6-13(7-5-12)23-11-15(16,17)18;/h4-7H,3,8-11H2,1-2H3,(H2,19,20,21);1H. The lowest BCUT2D eigenvalue weighted by Gasteiger charge is -2.12. The maximum atomic E-state index is 12.1. The van der Waals surface area contributed by atoms with Gasteiger partial charge >= 0.3 is 6.18 Å². The minimum atomic E-state index is -4.33. The molecule has 5 nitrogen and oxygen atoms in total. The summed E-state index contributed by atoms with van der Waals surface area (Å²) in [6.07, 6.45) is -3.47. The molecule has 0 aromatic heterocycles. The Morgan fingerprint density at radius 2 is 1.83 bits per heavy atom. The Morgan fingerprint density at radius 1 is 1.17 bits per heavy atom. The van der Waals surface area contributed by atoms with Crippen molar-refractivity contribution in [1.29, 1.82) is 0 Å². The fraction of sp³-hybridized carbons (Fsp3) is 0.533. The van der Waals surface area contributed by atoms with Crippen LogP contribution in [0.2, 0.25) is 0 Å². The van der Waals surface area contributed by atoms with Gasteiger partial charge in [-0.25, -0.2) is 0 Å². The number of benzene rings is 1. The number of ether oxygens (including phenoxy) is 2. The summed E-state index contributed by atoms with van der Waals surface area (Å²) >= 11 is 0. The van der Waals surface area contributed by atoms with E-state index < -0.39 is 12.8 Å². The van der Waals surface area contributed by atoms with Crippen molar-refractivity contribution in [3.05, 3.63) is 29.8 Å². The van der Waals surface area contributed by atoms with Crippen molar-refractivity contribution >= 4 is 29.9 Å². The first-order valence-corrected chi connectivity index (χ1v) is 7.16. The molecular weight excluding hydrogens is 438 g/mol. The van der Waals surface area contributed by atoms with Crippen LogP contribution in [0.1, 0.15) is 12.0 Å². The molecule has 0 saturated heterocycles. The Morgan fingerprint density at radius 3 is 2.38 bits per heavy atom. The van der Waals surface area contributed by atoms with E-state index in [1.165, 1.54) is 12.1 Å². The maximum absolute atomic E-state index is 12.1. The molecule has 0 aliphatic heterocycles. The van der Waals surface area contributed by atoms with Gasteiger partial charge in [0.25, 0.3) is 0 Å². The molecule has 0 heterocycles. The molecule has 0 aliphatic rings. The van der Waals surface area contributed by atoms with Crippen LogP contribution in [0, 0.1) is 0 Å². The Kier molecular flexibility index (Phi) is 11.6. The third-order valence-corrected chi connectivity index (χ3v) is 2.83. The van der Waals surface area contributed by atoms with Crippen molar-refractivity contribution in [2.45, 2.75) is 19.1 Å². The number of hydrogen-bond acceptors (Lipinski definition) is 3. The normalized spacial score (nSPS) is 11.6. The molecule has 1 aromatic rings. The van der Waals surface area contributed by atoms with Crippen LogP contribution >= 0.6 is 24.0 Å². The summed E-state index contributed by atoms with van der Waals surface area (Å²) in [5.74, 6) is 0.839. The maximum Gasteiger partial charge on any atom is 0.422 e. The molecule has 0 spiro atoms. The van der Waals surface area contributed by atoms with Crippen molar-refractivity contribution in [2.24, 2.45) is 4.99 Å². The third kappa shape index (κ3) is 10.5. The number of methoxy groups -OCH3 is 1. The van der Waals surface area contributed by atoms with E-state index in [0.29, 0.717) is 19.1 Å². The SMILES string of the molecule is CN=C(NCCCOC)NCc1ccc(OCC(F)(F)F)cc1.I. The van der Waals surface area contributed by atoms with E-state index in [9.17, 15) is 13.2 Å². The van der Waals surface area contributed by atoms with Crippen molar-refractivity contribution in [1.82, 2.24) is 10.6 Å². The van der Waals surface area contributed by atoms with Crippen LogP contribution in [0.5, 0.6) is 5.75 Å². The highest BCUT2D eigenvalue weighted by molar-refractivity contribution is 14.0. The summed E-state index contributed by atoms with van der Waals surface area (Å²) in [5, 5.41) is 6.25. The highest BCUT2D eigenvalue weighted by Crippen LogP contribution is 2.18. The largest absolute Gasteiger partial charge is 0.484 e. The van der Waals surface area contributed by atoms with Gasteiger partial charge in [-0.1, -0.05) is 12.1 Å². The van der Waals surface area contributed by atoms with Gasteiger partial charge in [0.2, 0.25) is 0 Å². The van der Waals surface area contributed by atoms with Crippen molar-refractivity contribution < 1.29 is 22.6 Å². The number of guanidine groups is 1. The molecule has 0 radical (unpaired) electrons. The second-order valence-corrected chi connectivity index (χ2v) is 4.75. The second-order valence-electron chi connectivity index (χ2n) is 4.75. The first-order chi connectivity index (χ1) is 10.9. The van der Waals surface area contributed by atoms with E-state index in [2.05, 4.69) is 20.4 Å². The highest BCUT2D eigenvalue weighted by atomic mass is 127. The van der Waals surface area contributed by atoms with Crippen molar-refractivity contribution in [2.75, 3.05) is 33.9 Å². The van der Waals surface area contributed by atoms with Gasteiger partial charge in [0.15, 0.2) is 12.6 Å². The molecule has 1 rings (SSSR count). The molecule has 0 atom stereocenters. The quantitative estimate of drug-likeness (QED) is 0.271. The molecule has 138 valence electrons. The fourth-order valence-electron chi connectivity index (χ4n) is 1.70. The molecule has 9 heteroatoms. The molecular formula is C15H23F3IN3O2. The average Bonchev–Trinajstić information content (AvgIpc) is 2.52. The Hall–Kier alpha value is -1.23. The van der Waals surface area contributed by atoms with Crippen LogP contribution in [-0.2, 0) is 11.3 Å². The molecule has 0 bridgehead atoms. The van der Waals surface area contributed by atoms with Crippen molar-refractivity contribution in [3.8, 4) is 5.75 Å². The minimum absolute atomic E-state index is 0. The third-order valence-electron chi connectivity index (χ3n) is 2.83. The van der Waals surface area contributed by atoms with Crippen molar-refractivity contribution in [3.63, 3.8) is 0 Å². The number of nitrogens with zero attached hydrogens (tertiary/aromatic N) is 1. The number of alkyl halides is 3. The number of rotatable bonds is 8. The van der Waals surface area contributed by atoms with Crippen LogP contribution in [-0.4, -0.2) is 46.1 Å². The lowest BCUT2D eigenvalue weighted by Crippen LogP contribution is -2.37. The van der Waals surface area contributed by atoms with Crippen LogP contribution in [0.25, 0.3) is 0 Å². The highest BCUT2D eigenvalue weighted by Gasteiger charge is 2.28. The van der Waals surface area contributed by atoms with Crippen LogP contribution in [0.4, 0.5) is 13.2 Å². The monoisotopic (exact) mass is 461 g/mol. The Labute approximate surface area is 157 Å². The second kappa shape index (κ2) is 12.2. The fourth-order valence-corrected chi connectivity index (χ4v) is 1.70. The summed E-state index contributed by atoms with van der Waals surface area (Å²) < 4.78 is 45.8. The molecule has 2 N–H and O–H groups in total. The zero-order valence-electron chi connectivity index (χ0n) is 13.7. The lowest BCUT2D eigenvalue weighted by atomic mass is 10.2. The van der Waals surface area contributed by atoms with E-state index in [0.717, 1.165) is 18.5 Å². The average molecular weight is 461 g/mol. The van der Waals surface area contributed by atoms with E-state index in [4.69, 9.17) is 4.74 Å². The van der Waals surface area contributed by atoms with Crippen LogP contribution in [0.15, 0.2) is 29.3 Å². The molecule has 0 fully saturated rings. The first kappa shape index (κ1) is 22.8. The van der Waals surface area contributed by atoms with Gasteiger partial charge in [0, 0.05) is 33.9 Å². The molecule has 0 amide bonds. The number of halogens is 4. The predicted molar refractivity (Wildman–Crippen MR) is 98.1 cm³/mol.